The fraction of sp³-hybridized carbons (Fsp3) is 0.529. The molecule has 1 atom stereocenters. The third kappa shape index (κ3) is 4.44. The predicted octanol–water partition coefficient (Wildman–Crippen LogP) is 3.29. The number of hydrogen-bond donors (Lipinski definition) is 0. The number of carbonyl (C=O) groups is 1. The summed E-state index contributed by atoms with van der Waals surface area (Å²) < 4.78 is 5.04. The third-order valence-corrected chi connectivity index (χ3v) is 4.07. The smallest absolute Gasteiger partial charge is 0.338 e. The van der Waals surface area contributed by atoms with Crippen LogP contribution in [0.1, 0.15) is 43.0 Å². The Labute approximate surface area is 141 Å². The van der Waals surface area contributed by atoms with Crippen molar-refractivity contribution in [2.45, 2.75) is 32.6 Å². The number of piperidine rings is 1. The first-order valence-corrected chi connectivity index (χ1v) is 8.10. The predicted molar refractivity (Wildman–Crippen MR) is 88.8 cm³/mol. The highest BCUT2D eigenvalue weighted by molar-refractivity contribution is 5.91. The highest BCUT2D eigenvalue weighted by Crippen LogP contribution is 2.32. The number of nitriles is 1. The summed E-state index contributed by atoms with van der Waals surface area (Å²) in [6.45, 7) is 3.82. The Morgan fingerprint density at radius 2 is 2.33 bits per heavy atom. The summed E-state index contributed by atoms with van der Waals surface area (Å²) >= 11 is 0. The molecule has 1 saturated heterocycles. The summed E-state index contributed by atoms with van der Waals surface area (Å²) in [5, 5.41) is 19.9. The molecule has 7 nitrogen and oxygen atoms in total. The first-order chi connectivity index (χ1) is 11.5. The van der Waals surface area contributed by atoms with Crippen LogP contribution in [0.15, 0.2) is 18.2 Å². The number of nitro benzene ring substituents is 1. The molecule has 0 radical (unpaired) electrons. The Morgan fingerprint density at radius 3 is 3.00 bits per heavy atom. The van der Waals surface area contributed by atoms with Gasteiger partial charge in [0.2, 0.25) is 0 Å². The van der Waals surface area contributed by atoms with Gasteiger partial charge in [0.15, 0.2) is 0 Å². The summed E-state index contributed by atoms with van der Waals surface area (Å²) in [6.07, 6.45) is 2.88. The van der Waals surface area contributed by atoms with Crippen molar-refractivity contribution in [1.82, 2.24) is 0 Å². The van der Waals surface area contributed by atoms with Crippen LogP contribution in [-0.4, -0.2) is 30.6 Å². The number of ether oxygens (including phenoxy) is 1. The van der Waals surface area contributed by atoms with Gasteiger partial charge in [0.25, 0.3) is 5.69 Å². The van der Waals surface area contributed by atoms with Gasteiger partial charge in [0, 0.05) is 25.6 Å². The maximum atomic E-state index is 12.0. The molecule has 0 aliphatic carbocycles. The van der Waals surface area contributed by atoms with Crippen molar-refractivity contribution in [3.05, 3.63) is 33.9 Å². The lowest BCUT2D eigenvalue weighted by Crippen LogP contribution is -2.34. The average molecular weight is 331 g/mol. The van der Waals surface area contributed by atoms with Gasteiger partial charge in [-0.05, 0) is 37.3 Å². The number of nitrogens with zero attached hydrogens (tertiary/aromatic N) is 3. The van der Waals surface area contributed by atoms with Crippen LogP contribution in [0.25, 0.3) is 0 Å². The molecule has 1 aromatic rings. The molecule has 0 bridgehead atoms. The van der Waals surface area contributed by atoms with Gasteiger partial charge in [-0.2, -0.15) is 5.26 Å². The van der Waals surface area contributed by atoms with Crippen LogP contribution in [0.3, 0.4) is 0 Å². The molecule has 0 amide bonds. The summed E-state index contributed by atoms with van der Waals surface area (Å²) in [5.41, 5.74) is 0.635. The Kier molecular flexibility index (Phi) is 6.13. The summed E-state index contributed by atoms with van der Waals surface area (Å²) in [6, 6.07) is 6.44. The molecule has 0 aromatic heterocycles. The molecule has 1 aliphatic rings. The highest BCUT2D eigenvalue weighted by atomic mass is 16.6. The number of rotatable bonds is 6. The number of unbranched alkanes of at least 4 members (excludes halogenated alkanes) is 1. The van der Waals surface area contributed by atoms with Crippen molar-refractivity contribution in [3.8, 4) is 6.07 Å². The van der Waals surface area contributed by atoms with Crippen LogP contribution in [0, 0.1) is 27.4 Å². The van der Waals surface area contributed by atoms with Crippen molar-refractivity contribution in [2.24, 2.45) is 5.92 Å². The van der Waals surface area contributed by atoms with E-state index in [-0.39, 0.29) is 17.9 Å². The zero-order chi connectivity index (χ0) is 17.5. The summed E-state index contributed by atoms with van der Waals surface area (Å²) in [4.78, 5) is 24.9. The van der Waals surface area contributed by atoms with E-state index >= 15 is 0 Å². The van der Waals surface area contributed by atoms with Gasteiger partial charge in [-0.25, -0.2) is 4.79 Å². The van der Waals surface area contributed by atoms with Crippen LogP contribution < -0.4 is 4.90 Å². The number of benzene rings is 1. The first-order valence-electron chi connectivity index (χ1n) is 8.10. The fourth-order valence-corrected chi connectivity index (χ4v) is 2.87. The van der Waals surface area contributed by atoms with Crippen LogP contribution in [-0.2, 0) is 4.74 Å². The molecule has 1 fully saturated rings. The number of nitro groups is 1. The third-order valence-electron chi connectivity index (χ3n) is 4.07. The quantitative estimate of drug-likeness (QED) is 0.343. The van der Waals surface area contributed by atoms with Gasteiger partial charge in [0.05, 0.1) is 23.2 Å². The minimum absolute atomic E-state index is 0.0735. The van der Waals surface area contributed by atoms with E-state index in [0.29, 0.717) is 24.4 Å². The number of carbonyl (C=O) groups excluding carboxylic acids is 1. The van der Waals surface area contributed by atoms with Gasteiger partial charge in [0.1, 0.15) is 5.69 Å². The van der Waals surface area contributed by atoms with Gasteiger partial charge >= 0.3 is 5.97 Å². The van der Waals surface area contributed by atoms with Gasteiger partial charge in [-0.15, -0.1) is 0 Å². The van der Waals surface area contributed by atoms with E-state index in [0.717, 1.165) is 25.9 Å². The molecule has 1 heterocycles. The van der Waals surface area contributed by atoms with Crippen molar-refractivity contribution in [3.63, 3.8) is 0 Å². The molecular formula is C17H21N3O4. The number of hydrogen-bond acceptors (Lipinski definition) is 6. The molecule has 7 heteroatoms. The van der Waals surface area contributed by atoms with Crippen LogP contribution in [0.2, 0.25) is 0 Å². The molecule has 0 N–H and O–H groups in total. The zero-order valence-corrected chi connectivity index (χ0v) is 13.7. The van der Waals surface area contributed by atoms with Crippen LogP contribution in [0.4, 0.5) is 11.4 Å². The van der Waals surface area contributed by atoms with E-state index in [1.54, 1.807) is 12.1 Å². The molecule has 1 unspecified atom stereocenters. The number of anilines is 1. The van der Waals surface area contributed by atoms with Crippen molar-refractivity contribution in [1.29, 1.82) is 5.26 Å². The van der Waals surface area contributed by atoms with Crippen molar-refractivity contribution < 1.29 is 14.5 Å². The fourth-order valence-electron chi connectivity index (χ4n) is 2.87. The topological polar surface area (TPSA) is 96.5 Å². The van der Waals surface area contributed by atoms with Gasteiger partial charge in [-0.3, -0.25) is 10.1 Å². The monoisotopic (exact) mass is 331 g/mol. The lowest BCUT2D eigenvalue weighted by Gasteiger charge is -2.32. The maximum absolute atomic E-state index is 12.0. The standard InChI is InChI=1S/C17H21N3O4/c1-13-5-4-9-19(12-13)15-7-6-14(11-16(15)20(22)23)17(21)24-10-3-2-8-18/h6-7,11,13H,2-5,9-10,12H2,1H3. The van der Waals surface area contributed by atoms with Crippen LogP contribution in [0.5, 0.6) is 0 Å². The molecular weight excluding hydrogens is 310 g/mol. The molecule has 24 heavy (non-hydrogen) atoms. The highest BCUT2D eigenvalue weighted by Gasteiger charge is 2.25. The largest absolute Gasteiger partial charge is 0.462 e. The average Bonchev–Trinajstić information content (AvgIpc) is 2.58. The molecule has 128 valence electrons. The molecule has 2 rings (SSSR count). The minimum Gasteiger partial charge on any atom is -0.462 e. The van der Waals surface area contributed by atoms with Crippen molar-refractivity contribution in [2.75, 3.05) is 24.6 Å². The normalized spacial score (nSPS) is 17.2. The van der Waals surface area contributed by atoms with Crippen molar-refractivity contribution >= 4 is 17.3 Å². The van der Waals surface area contributed by atoms with E-state index in [2.05, 4.69) is 6.92 Å². The van der Waals surface area contributed by atoms with Crippen LogP contribution >= 0.6 is 0 Å². The van der Waals surface area contributed by atoms with E-state index in [9.17, 15) is 14.9 Å². The minimum atomic E-state index is -0.602. The molecule has 0 saturated carbocycles. The Balaban J connectivity index is 2.15. The first kappa shape index (κ1) is 17.7. The number of esters is 1. The Bertz CT molecular complexity index is 654. The molecule has 0 spiro atoms. The van der Waals surface area contributed by atoms with Gasteiger partial charge < -0.3 is 9.64 Å². The second kappa shape index (κ2) is 8.29. The lowest BCUT2D eigenvalue weighted by molar-refractivity contribution is -0.384. The Hall–Kier alpha value is -2.62. The van der Waals surface area contributed by atoms with E-state index in [1.165, 1.54) is 6.07 Å². The summed E-state index contributed by atoms with van der Waals surface area (Å²) in [5.74, 6) is -0.113. The Morgan fingerprint density at radius 1 is 1.54 bits per heavy atom. The van der Waals surface area contributed by atoms with E-state index < -0.39 is 10.9 Å². The zero-order valence-electron chi connectivity index (χ0n) is 13.7. The maximum Gasteiger partial charge on any atom is 0.338 e. The summed E-state index contributed by atoms with van der Waals surface area (Å²) in [7, 11) is 0. The van der Waals surface area contributed by atoms with Gasteiger partial charge in [-0.1, -0.05) is 6.92 Å². The van der Waals surface area contributed by atoms with E-state index in [4.69, 9.17) is 10.00 Å². The SMILES string of the molecule is CC1CCCN(c2ccc(C(=O)OCCCC#N)cc2[N+](=O)[O-])C1. The molecule has 1 aliphatic heterocycles. The molecule has 1 aromatic carbocycles. The lowest BCUT2D eigenvalue weighted by atomic mass is 9.99. The van der Waals surface area contributed by atoms with E-state index in [1.807, 2.05) is 11.0 Å². The second-order valence-electron chi connectivity index (χ2n) is 6.05. The second-order valence-corrected chi connectivity index (χ2v) is 6.05.